The number of nitrogens with zero attached hydrogens (tertiary/aromatic N) is 3. The number of aromatic nitrogens is 1. The van der Waals surface area contributed by atoms with Gasteiger partial charge in [-0.1, -0.05) is 55.8 Å². The number of H-pyrrole nitrogens is 1. The van der Waals surface area contributed by atoms with Crippen molar-refractivity contribution in [3.05, 3.63) is 82.6 Å². The van der Waals surface area contributed by atoms with Gasteiger partial charge in [-0.15, -0.1) is 0 Å². The number of esters is 2. The zero-order chi connectivity index (χ0) is 40.9. The van der Waals surface area contributed by atoms with Gasteiger partial charge in [-0.25, -0.2) is 4.79 Å². The number of para-hydroxylation sites is 1. The largest absolute Gasteiger partial charge is 0.496 e. The van der Waals surface area contributed by atoms with E-state index < -0.39 is 45.9 Å². The highest BCUT2D eigenvalue weighted by Crippen LogP contribution is 2.68. The Morgan fingerprint density at radius 2 is 1.84 bits per heavy atom. The Morgan fingerprint density at radius 1 is 1.05 bits per heavy atom. The molecule has 3 N–H and O–H groups in total. The number of anilines is 1. The van der Waals surface area contributed by atoms with Gasteiger partial charge < -0.3 is 34.5 Å². The molecule has 6 heterocycles. The minimum absolute atomic E-state index is 0.0687. The highest BCUT2D eigenvalue weighted by atomic mass is 16.6. The lowest BCUT2D eigenvalue weighted by Gasteiger charge is -2.63. The number of aromatic amines is 1. The van der Waals surface area contributed by atoms with Crippen LogP contribution < -0.4 is 15.0 Å². The third kappa shape index (κ3) is 4.94. The van der Waals surface area contributed by atoms with Gasteiger partial charge in [0.15, 0.2) is 6.10 Å². The molecule has 2 aromatic carbocycles. The Balaban J connectivity index is 1.37. The van der Waals surface area contributed by atoms with Crippen molar-refractivity contribution < 1.29 is 33.7 Å². The van der Waals surface area contributed by atoms with E-state index in [1.165, 1.54) is 19.6 Å². The number of nitrogens with one attached hydrogen (secondary N) is 2. The number of carbonyl (C=O) groups excluding carboxylic acids is 3. The molecule has 3 aromatic rings. The number of amides is 1. The molecule has 1 spiro atoms. The summed E-state index contributed by atoms with van der Waals surface area (Å²) in [6.45, 7) is 11.7. The van der Waals surface area contributed by atoms with Gasteiger partial charge in [-0.05, 0) is 68.3 Å². The average Bonchev–Trinajstić information content (AvgIpc) is 3.87. The minimum atomic E-state index is -2.26. The summed E-state index contributed by atoms with van der Waals surface area (Å²) in [5.41, 5.74) is 1.51. The van der Waals surface area contributed by atoms with Crippen molar-refractivity contribution in [3.8, 4) is 5.75 Å². The normalized spacial score (nSPS) is 34.5. The number of aliphatic hydroxyl groups is 1. The van der Waals surface area contributed by atoms with Crippen LogP contribution in [0.25, 0.3) is 10.9 Å². The zero-order valence-electron chi connectivity index (χ0n) is 34.8. The Labute approximate surface area is 340 Å². The van der Waals surface area contributed by atoms with Crippen LogP contribution in [0.15, 0.2) is 60.2 Å². The van der Waals surface area contributed by atoms with Crippen molar-refractivity contribution in [2.24, 2.45) is 11.3 Å². The van der Waals surface area contributed by atoms with Crippen molar-refractivity contribution in [2.75, 3.05) is 58.9 Å². The first-order chi connectivity index (χ1) is 27.9. The van der Waals surface area contributed by atoms with Crippen molar-refractivity contribution in [2.45, 2.75) is 94.5 Å². The summed E-state index contributed by atoms with van der Waals surface area (Å²) in [5, 5.41) is 17.7. The Morgan fingerprint density at radius 3 is 2.55 bits per heavy atom. The van der Waals surface area contributed by atoms with Gasteiger partial charge in [-0.2, -0.15) is 0 Å². The number of benzene rings is 2. The lowest BCUT2D eigenvalue weighted by Crippen LogP contribution is -2.81. The van der Waals surface area contributed by atoms with Crippen molar-refractivity contribution in [1.29, 1.82) is 0 Å². The molecule has 0 radical (unpaired) electrons. The molecule has 9 atom stereocenters. The molecule has 2 bridgehead atoms. The lowest BCUT2D eigenvalue weighted by molar-refractivity contribution is -0.228. The first-order valence-electron chi connectivity index (χ1n) is 21.0. The first kappa shape index (κ1) is 38.8. The second-order valence-electron chi connectivity index (χ2n) is 17.5. The molecule has 6 aliphatic rings. The van der Waals surface area contributed by atoms with E-state index in [4.69, 9.17) is 14.2 Å². The standard InChI is InChI=1S/C46H57N5O7/c1-8-28-20-29-23-45(41(53)47-10-3,37-31(26-50(24-28)25-29)30-14-11-12-15-34(30)48-37)33-21-32-35(22-36(33)56-6)49(5)39-44(32)17-19-51-18-13-16-43(9-2,38(44)51)40(58-27(4)52)46(39,55)42(54)57-7/h11-16,20-22,29,38-40,48,55H,8-10,17-19,23-26H2,1-7H3,(H,47,53)/t29-,38-,39+,40+,43+,44?,45-,46?/m0/s1. The number of hydrogen-bond donors (Lipinski definition) is 3. The van der Waals surface area contributed by atoms with Crippen molar-refractivity contribution >= 4 is 34.4 Å². The van der Waals surface area contributed by atoms with Crippen molar-refractivity contribution in [3.63, 3.8) is 0 Å². The lowest BCUT2D eigenvalue weighted by atomic mass is 9.47. The third-order valence-electron chi connectivity index (χ3n) is 15.0. The molecule has 1 aromatic heterocycles. The highest BCUT2D eigenvalue weighted by molar-refractivity contribution is 5.97. The minimum Gasteiger partial charge on any atom is -0.496 e. The van der Waals surface area contributed by atoms with E-state index in [0.29, 0.717) is 51.2 Å². The predicted molar refractivity (Wildman–Crippen MR) is 221 cm³/mol. The smallest absolute Gasteiger partial charge is 0.344 e. The summed E-state index contributed by atoms with van der Waals surface area (Å²) in [6, 6.07) is 11.4. The fourth-order valence-electron chi connectivity index (χ4n) is 13.0. The van der Waals surface area contributed by atoms with Gasteiger partial charge in [0.25, 0.3) is 0 Å². The molecule has 1 saturated carbocycles. The Kier molecular flexibility index (Phi) is 9.18. The Bertz CT molecular complexity index is 2270. The van der Waals surface area contributed by atoms with Crippen LogP contribution in [0.5, 0.6) is 5.75 Å². The summed E-state index contributed by atoms with van der Waals surface area (Å²) in [7, 11) is 4.82. The molecule has 5 aliphatic heterocycles. The molecule has 12 heteroatoms. The maximum atomic E-state index is 15.5. The van der Waals surface area contributed by atoms with Crippen LogP contribution in [0.4, 0.5) is 5.69 Å². The van der Waals surface area contributed by atoms with Gasteiger partial charge >= 0.3 is 11.9 Å². The molecule has 58 heavy (non-hydrogen) atoms. The summed E-state index contributed by atoms with van der Waals surface area (Å²) in [6.07, 6.45) is 7.86. The molecular weight excluding hydrogens is 735 g/mol. The van der Waals surface area contributed by atoms with Crippen molar-refractivity contribution in [1.82, 2.24) is 20.1 Å². The molecular formula is C46H57N5O7. The second-order valence-corrected chi connectivity index (χ2v) is 17.5. The molecule has 1 aliphatic carbocycles. The number of fused-ring (bicyclic) bond motifs is 6. The summed E-state index contributed by atoms with van der Waals surface area (Å²) < 4.78 is 18.1. The number of rotatable bonds is 8. The van der Waals surface area contributed by atoms with Gasteiger partial charge in [0.1, 0.15) is 11.2 Å². The summed E-state index contributed by atoms with van der Waals surface area (Å²) in [5.74, 6) is -0.919. The third-order valence-corrected chi connectivity index (χ3v) is 15.0. The maximum absolute atomic E-state index is 15.5. The fourth-order valence-corrected chi connectivity index (χ4v) is 13.0. The van der Waals surface area contributed by atoms with Crippen LogP contribution in [0, 0.1) is 11.3 Å². The van der Waals surface area contributed by atoms with E-state index in [2.05, 4.69) is 69.5 Å². The molecule has 1 amide bonds. The maximum Gasteiger partial charge on any atom is 0.344 e. The van der Waals surface area contributed by atoms with E-state index in [9.17, 15) is 14.7 Å². The highest BCUT2D eigenvalue weighted by Gasteiger charge is 2.80. The fraction of sp³-hybridized carbons (Fsp3) is 0.543. The SMILES string of the molecule is CCNC(=O)[C@]1(c2cc3c(cc2OC)N(C)[C@H]2C(O)(C(=O)OC)[C@H](OC(C)=O)[C@]4(CC)C=CCN5CCC32[C@@H]54)C[C@@H]2C=C(CC)CN(Cc3c1[nH]c1ccccc31)C2. The van der Waals surface area contributed by atoms with Crippen LogP contribution in [-0.2, 0) is 41.2 Å². The van der Waals surface area contributed by atoms with Gasteiger partial charge in [0, 0.05) is 97.5 Å². The van der Waals surface area contributed by atoms with E-state index in [-0.39, 0.29) is 17.9 Å². The van der Waals surface area contributed by atoms with E-state index in [0.717, 1.165) is 58.5 Å². The summed E-state index contributed by atoms with van der Waals surface area (Å²) >= 11 is 0. The predicted octanol–water partition coefficient (Wildman–Crippen LogP) is 4.72. The van der Waals surface area contributed by atoms with Gasteiger partial charge in [0.2, 0.25) is 11.5 Å². The zero-order valence-corrected chi connectivity index (χ0v) is 34.8. The number of methoxy groups -OCH3 is 2. The second kappa shape index (κ2) is 13.7. The van der Waals surface area contributed by atoms with Crippen LogP contribution >= 0.6 is 0 Å². The molecule has 1 saturated heterocycles. The topological polar surface area (TPSA) is 137 Å². The average molecular weight is 792 g/mol. The molecule has 12 nitrogen and oxygen atoms in total. The number of likely N-dealkylation sites (N-methyl/N-ethyl adjacent to an activating group) is 2. The quantitative estimate of drug-likeness (QED) is 0.217. The van der Waals surface area contributed by atoms with Gasteiger partial charge in [-0.3, -0.25) is 19.4 Å². The number of hydrogen-bond acceptors (Lipinski definition) is 10. The number of ether oxygens (including phenoxy) is 3. The molecule has 308 valence electrons. The number of carbonyl (C=O) groups is 3. The van der Waals surface area contributed by atoms with Crippen LogP contribution in [-0.4, -0.2) is 116 Å². The van der Waals surface area contributed by atoms with Crippen LogP contribution in [0.1, 0.15) is 75.8 Å². The molecule has 9 rings (SSSR count). The van der Waals surface area contributed by atoms with Crippen LogP contribution in [0.2, 0.25) is 0 Å². The van der Waals surface area contributed by atoms with E-state index in [1.807, 2.05) is 37.9 Å². The monoisotopic (exact) mass is 791 g/mol. The first-order valence-corrected chi connectivity index (χ1v) is 21.0. The molecule has 3 unspecified atom stereocenters. The Hall–Kier alpha value is -4.65. The van der Waals surface area contributed by atoms with Crippen LogP contribution in [0.3, 0.4) is 0 Å². The summed E-state index contributed by atoms with van der Waals surface area (Å²) in [4.78, 5) is 53.7. The molecule has 2 fully saturated rings. The van der Waals surface area contributed by atoms with Gasteiger partial charge in [0.05, 0.1) is 20.3 Å². The van der Waals surface area contributed by atoms with E-state index >= 15 is 4.79 Å². The van der Waals surface area contributed by atoms with E-state index in [1.54, 1.807) is 7.11 Å².